The third kappa shape index (κ3) is 2.83. The van der Waals surface area contributed by atoms with Crippen molar-refractivity contribution in [2.45, 2.75) is 0 Å². The van der Waals surface area contributed by atoms with E-state index in [1.165, 1.54) is 0 Å². The fourth-order valence-corrected chi connectivity index (χ4v) is 4.66. The molecule has 0 aliphatic heterocycles. The molecule has 0 unspecified atom stereocenters. The monoisotopic (exact) mass is 422 g/mol. The second-order valence-corrected chi connectivity index (χ2v) is 8.25. The highest BCUT2D eigenvalue weighted by Crippen LogP contribution is 2.37. The largest absolute Gasteiger partial charge is 0.455 e. The first kappa shape index (κ1) is 18.1. The highest BCUT2D eigenvalue weighted by molar-refractivity contribution is 6.15. The summed E-state index contributed by atoms with van der Waals surface area (Å²) < 4.78 is 6.23. The normalized spacial score (nSPS) is 11.6. The van der Waals surface area contributed by atoms with Crippen molar-refractivity contribution in [1.82, 2.24) is 9.97 Å². The van der Waals surface area contributed by atoms with Gasteiger partial charge >= 0.3 is 0 Å². The minimum Gasteiger partial charge on any atom is -0.455 e. The van der Waals surface area contributed by atoms with Crippen LogP contribution in [0.2, 0.25) is 0 Å². The maximum absolute atomic E-state index is 6.23. The molecule has 2 heterocycles. The lowest BCUT2D eigenvalue weighted by molar-refractivity contribution is 0.672. The summed E-state index contributed by atoms with van der Waals surface area (Å²) in [6.45, 7) is 0. The topological polar surface area (TPSA) is 38.9 Å². The Bertz CT molecular complexity index is 1820. The molecular weight excluding hydrogens is 404 g/mol. The molecular formula is C30H18N2O. The van der Waals surface area contributed by atoms with Crippen molar-refractivity contribution in [3.05, 3.63) is 109 Å². The lowest BCUT2D eigenvalue weighted by Crippen LogP contribution is -1.95. The molecule has 2 aromatic heterocycles. The molecule has 0 radical (unpaired) electrons. The summed E-state index contributed by atoms with van der Waals surface area (Å²) in [5.74, 6) is 0. The van der Waals surface area contributed by atoms with Crippen LogP contribution in [0.1, 0.15) is 0 Å². The van der Waals surface area contributed by atoms with Crippen LogP contribution in [-0.4, -0.2) is 9.97 Å². The lowest BCUT2D eigenvalue weighted by Gasteiger charge is -2.11. The van der Waals surface area contributed by atoms with Crippen molar-refractivity contribution in [3.63, 3.8) is 0 Å². The van der Waals surface area contributed by atoms with Gasteiger partial charge in [0, 0.05) is 27.3 Å². The molecule has 0 bridgehead atoms. The van der Waals surface area contributed by atoms with E-state index >= 15 is 0 Å². The summed E-state index contributed by atoms with van der Waals surface area (Å²) in [4.78, 5) is 10.0. The van der Waals surface area contributed by atoms with Gasteiger partial charge in [-0.25, -0.2) is 9.97 Å². The SMILES string of the molecule is c1ccc(-c2nc3ccccc3nc2-c2ccc3c(ccc4c5ccccc5oc34)c2)cc1. The maximum atomic E-state index is 6.23. The lowest BCUT2D eigenvalue weighted by atomic mass is 9.99. The first-order valence-corrected chi connectivity index (χ1v) is 11.0. The molecule has 0 atom stereocenters. The number of aromatic nitrogens is 2. The van der Waals surface area contributed by atoms with Crippen LogP contribution >= 0.6 is 0 Å². The van der Waals surface area contributed by atoms with Crippen LogP contribution in [0.25, 0.3) is 66.3 Å². The highest BCUT2D eigenvalue weighted by atomic mass is 16.3. The molecule has 0 saturated carbocycles. The van der Waals surface area contributed by atoms with E-state index < -0.39 is 0 Å². The minimum atomic E-state index is 0.881. The predicted octanol–water partition coefficient (Wildman–Crippen LogP) is 8.02. The fourth-order valence-electron chi connectivity index (χ4n) is 4.66. The van der Waals surface area contributed by atoms with Crippen molar-refractivity contribution in [3.8, 4) is 22.5 Å². The molecule has 33 heavy (non-hydrogen) atoms. The second-order valence-electron chi connectivity index (χ2n) is 8.25. The van der Waals surface area contributed by atoms with Gasteiger partial charge in [0.1, 0.15) is 11.2 Å². The number of hydrogen-bond acceptors (Lipinski definition) is 3. The summed E-state index contributed by atoms with van der Waals surface area (Å²) >= 11 is 0. The van der Waals surface area contributed by atoms with Crippen molar-refractivity contribution >= 4 is 43.7 Å². The van der Waals surface area contributed by atoms with E-state index in [4.69, 9.17) is 14.4 Å². The van der Waals surface area contributed by atoms with E-state index in [-0.39, 0.29) is 0 Å². The zero-order valence-electron chi connectivity index (χ0n) is 17.7. The number of nitrogens with zero attached hydrogens (tertiary/aromatic N) is 2. The van der Waals surface area contributed by atoms with Crippen molar-refractivity contribution in [1.29, 1.82) is 0 Å². The first-order valence-electron chi connectivity index (χ1n) is 11.0. The Morgan fingerprint density at radius 3 is 1.97 bits per heavy atom. The van der Waals surface area contributed by atoms with Gasteiger partial charge in [0.15, 0.2) is 0 Å². The van der Waals surface area contributed by atoms with Crippen LogP contribution in [0.5, 0.6) is 0 Å². The molecule has 5 aromatic carbocycles. The molecule has 0 aliphatic rings. The minimum absolute atomic E-state index is 0.881. The van der Waals surface area contributed by atoms with Crippen molar-refractivity contribution in [2.75, 3.05) is 0 Å². The van der Waals surface area contributed by atoms with E-state index in [9.17, 15) is 0 Å². The summed E-state index contributed by atoms with van der Waals surface area (Å²) in [5, 5.41) is 4.50. The van der Waals surface area contributed by atoms with Gasteiger partial charge in [-0.05, 0) is 41.8 Å². The molecule has 0 N–H and O–H groups in total. The quantitative estimate of drug-likeness (QED) is 0.283. The van der Waals surface area contributed by atoms with Crippen LogP contribution in [0.4, 0.5) is 0 Å². The van der Waals surface area contributed by atoms with Crippen molar-refractivity contribution in [2.24, 2.45) is 0 Å². The summed E-state index contributed by atoms with van der Waals surface area (Å²) in [6, 6.07) is 37.2. The Kier molecular flexibility index (Phi) is 3.84. The van der Waals surface area contributed by atoms with E-state index in [0.717, 1.165) is 66.3 Å². The molecule has 154 valence electrons. The van der Waals surface area contributed by atoms with Gasteiger partial charge in [0.05, 0.1) is 22.4 Å². The molecule has 3 nitrogen and oxygen atoms in total. The number of rotatable bonds is 2. The zero-order valence-corrected chi connectivity index (χ0v) is 17.7. The van der Waals surface area contributed by atoms with Crippen LogP contribution in [0.3, 0.4) is 0 Å². The summed E-state index contributed by atoms with van der Waals surface area (Å²) in [6.07, 6.45) is 0. The molecule has 0 amide bonds. The van der Waals surface area contributed by atoms with E-state index in [1.807, 2.05) is 60.7 Å². The smallest absolute Gasteiger partial charge is 0.143 e. The Hall–Kier alpha value is -4.50. The molecule has 0 fully saturated rings. The number of benzene rings is 5. The molecule has 7 rings (SSSR count). The number of para-hydroxylation sites is 3. The first-order chi connectivity index (χ1) is 16.3. The highest BCUT2D eigenvalue weighted by Gasteiger charge is 2.15. The third-order valence-corrected chi connectivity index (χ3v) is 6.25. The third-order valence-electron chi connectivity index (χ3n) is 6.25. The second kappa shape index (κ2) is 7.01. The average Bonchev–Trinajstić information content (AvgIpc) is 3.27. The van der Waals surface area contributed by atoms with Gasteiger partial charge in [-0.3, -0.25) is 0 Å². The Morgan fingerprint density at radius 1 is 0.485 bits per heavy atom. The van der Waals surface area contributed by atoms with Crippen LogP contribution in [-0.2, 0) is 0 Å². The zero-order chi connectivity index (χ0) is 21.8. The fraction of sp³-hybridized carbons (Fsp3) is 0. The molecule has 0 spiro atoms. The number of furan rings is 1. The molecule has 3 heteroatoms. The number of fused-ring (bicyclic) bond motifs is 6. The molecule has 7 aromatic rings. The summed E-state index contributed by atoms with van der Waals surface area (Å²) in [7, 11) is 0. The molecule has 0 aliphatic carbocycles. The van der Waals surface area contributed by atoms with Gasteiger partial charge < -0.3 is 4.42 Å². The Labute approximate surface area is 190 Å². The Balaban J connectivity index is 1.49. The average molecular weight is 422 g/mol. The molecule has 0 saturated heterocycles. The van der Waals surface area contributed by atoms with E-state index in [2.05, 4.69) is 48.5 Å². The van der Waals surface area contributed by atoms with Gasteiger partial charge in [-0.1, -0.05) is 72.8 Å². The van der Waals surface area contributed by atoms with E-state index in [0.29, 0.717) is 0 Å². The Morgan fingerprint density at radius 2 is 1.15 bits per heavy atom. The van der Waals surface area contributed by atoms with Gasteiger partial charge in [-0.15, -0.1) is 0 Å². The van der Waals surface area contributed by atoms with Crippen LogP contribution in [0.15, 0.2) is 114 Å². The van der Waals surface area contributed by atoms with Crippen LogP contribution < -0.4 is 0 Å². The van der Waals surface area contributed by atoms with Crippen molar-refractivity contribution < 1.29 is 4.42 Å². The number of hydrogen-bond donors (Lipinski definition) is 0. The van der Waals surface area contributed by atoms with E-state index in [1.54, 1.807) is 0 Å². The summed E-state index contributed by atoms with van der Waals surface area (Å²) in [5.41, 5.74) is 7.48. The predicted molar refractivity (Wildman–Crippen MR) is 135 cm³/mol. The van der Waals surface area contributed by atoms with Crippen LogP contribution in [0, 0.1) is 0 Å². The van der Waals surface area contributed by atoms with Gasteiger partial charge in [0.2, 0.25) is 0 Å². The van der Waals surface area contributed by atoms with Gasteiger partial charge in [0.25, 0.3) is 0 Å². The van der Waals surface area contributed by atoms with Gasteiger partial charge in [-0.2, -0.15) is 0 Å². The standard InChI is InChI=1S/C30H18N2O/c1-2-8-19(9-3-1)28-29(32-26-12-6-5-11-25(26)31-28)21-15-16-22-20(18-21)14-17-24-23-10-4-7-13-27(23)33-30(22)24/h1-18H. The maximum Gasteiger partial charge on any atom is 0.143 e.